The summed E-state index contributed by atoms with van der Waals surface area (Å²) in [6.07, 6.45) is 13.2. The van der Waals surface area contributed by atoms with Crippen LogP contribution in [0.1, 0.15) is 57.8 Å². The van der Waals surface area contributed by atoms with E-state index in [0.29, 0.717) is 0 Å². The molecule has 4 atom stereocenters. The Morgan fingerprint density at radius 3 is 1.96 bits per heavy atom. The predicted molar refractivity (Wildman–Crippen MR) is 97.5 cm³/mol. The van der Waals surface area contributed by atoms with Gasteiger partial charge in [0.25, 0.3) is 0 Å². The molecular weight excluding hydrogens is 280 g/mol. The van der Waals surface area contributed by atoms with E-state index in [4.69, 9.17) is 0 Å². The summed E-state index contributed by atoms with van der Waals surface area (Å²) < 4.78 is 0. The Morgan fingerprint density at radius 2 is 1.43 bits per heavy atom. The van der Waals surface area contributed by atoms with E-state index in [-0.39, 0.29) is 0 Å². The number of hydrogen-bond acceptors (Lipinski definition) is 2. The van der Waals surface area contributed by atoms with Gasteiger partial charge in [-0.15, -0.1) is 0 Å². The van der Waals surface area contributed by atoms with E-state index in [9.17, 15) is 0 Å². The van der Waals surface area contributed by atoms with Gasteiger partial charge in [0.1, 0.15) is 0 Å². The van der Waals surface area contributed by atoms with E-state index < -0.39 is 0 Å². The fourth-order valence-electron chi connectivity index (χ4n) is 6.41. The Morgan fingerprint density at radius 1 is 0.870 bits per heavy atom. The van der Waals surface area contributed by atoms with Gasteiger partial charge in [0.15, 0.2) is 0 Å². The molecule has 2 saturated carbocycles. The number of fused-ring (bicyclic) bond motifs is 5. The van der Waals surface area contributed by atoms with Crippen LogP contribution in [0.5, 0.6) is 0 Å². The van der Waals surface area contributed by atoms with Crippen molar-refractivity contribution in [1.82, 2.24) is 9.80 Å². The van der Waals surface area contributed by atoms with Crippen molar-refractivity contribution in [3.63, 3.8) is 0 Å². The van der Waals surface area contributed by atoms with Crippen LogP contribution in [-0.4, -0.2) is 50.1 Å². The monoisotopic (exact) mass is 316 g/mol. The van der Waals surface area contributed by atoms with E-state index in [2.05, 4.69) is 23.9 Å². The highest BCUT2D eigenvalue weighted by Crippen LogP contribution is 2.54. The molecule has 0 aromatic carbocycles. The molecule has 2 heteroatoms. The van der Waals surface area contributed by atoms with Crippen LogP contribution >= 0.6 is 0 Å². The highest BCUT2D eigenvalue weighted by Gasteiger charge is 2.48. The Kier molecular flexibility index (Phi) is 4.83. The van der Waals surface area contributed by atoms with E-state index in [0.717, 1.165) is 23.7 Å². The van der Waals surface area contributed by atoms with E-state index in [1.807, 2.05) is 11.1 Å². The second-order valence-corrected chi connectivity index (χ2v) is 9.00. The smallest absolute Gasteiger partial charge is 0.00189 e. The molecule has 4 aliphatic rings. The van der Waals surface area contributed by atoms with Crippen LogP contribution in [0, 0.1) is 23.7 Å². The summed E-state index contributed by atoms with van der Waals surface area (Å²) in [6.45, 7) is 5.40. The highest BCUT2D eigenvalue weighted by atomic mass is 15.2. The first-order valence-corrected chi connectivity index (χ1v) is 10.3. The lowest BCUT2D eigenvalue weighted by Crippen LogP contribution is -2.38. The maximum Gasteiger partial charge on any atom is 0.00189 e. The third-order valence-corrected chi connectivity index (χ3v) is 7.33. The van der Waals surface area contributed by atoms with E-state index in [1.165, 1.54) is 84.0 Å². The average Bonchev–Trinajstić information content (AvgIpc) is 2.99. The molecule has 4 rings (SSSR count). The minimum Gasteiger partial charge on any atom is -0.309 e. The summed E-state index contributed by atoms with van der Waals surface area (Å²) in [5.74, 6) is 3.99. The van der Waals surface area contributed by atoms with Crippen LogP contribution in [0.3, 0.4) is 0 Å². The lowest BCUT2D eigenvalue weighted by atomic mass is 9.58. The van der Waals surface area contributed by atoms with Crippen molar-refractivity contribution < 1.29 is 0 Å². The second kappa shape index (κ2) is 6.88. The Bertz CT molecular complexity index is 419. The molecule has 0 amide bonds. The molecule has 3 aliphatic carbocycles. The minimum absolute atomic E-state index is 0.983. The molecular formula is C21H36N2. The number of allylic oxidation sites excluding steroid dienone is 2. The number of hydrogen-bond donors (Lipinski definition) is 0. The van der Waals surface area contributed by atoms with Crippen molar-refractivity contribution in [3.05, 3.63) is 11.1 Å². The Labute approximate surface area is 143 Å². The van der Waals surface area contributed by atoms with Gasteiger partial charge < -0.3 is 9.80 Å². The average molecular weight is 317 g/mol. The van der Waals surface area contributed by atoms with Gasteiger partial charge in [-0.1, -0.05) is 24.0 Å². The third-order valence-electron chi connectivity index (χ3n) is 7.33. The fraction of sp³-hybridized carbons (Fsp3) is 0.905. The first-order chi connectivity index (χ1) is 11.2. The van der Waals surface area contributed by atoms with Gasteiger partial charge in [0.05, 0.1) is 0 Å². The highest BCUT2D eigenvalue weighted by molar-refractivity contribution is 5.29. The quantitative estimate of drug-likeness (QED) is 0.718. The van der Waals surface area contributed by atoms with Crippen LogP contribution in [0.2, 0.25) is 0 Å². The van der Waals surface area contributed by atoms with E-state index >= 15 is 0 Å². The molecule has 130 valence electrons. The third kappa shape index (κ3) is 3.14. The van der Waals surface area contributed by atoms with Gasteiger partial charge in [-0.25, -0.2) is 0 Å². The maximum atomic E-state index is 2.84. The van der Waals surface area contributed by atoms with Crippen molar-refractivity contribution in [2.75, 3.05) is 40.3 Å². The molecule has 1 saturated heterocycles. The molecule has 23 heavy (non-hydrogen) atoms. The number of rotatable bonds is 4. The summed E-state index contributed by atoms with van der Waals surface area (Å²) in [5.41, 5.74) is 3.97. The fourth-order valence-corrected chi connectivity index (χ4v) is 6.41. The van der Waals surface area contributed by atoms with Crippen molar-refractivity contribution in [2.24, 2.45) is 23.7 Å². The van der Waals surface area contributed by atoms with Gasteiger partial charge in [-0.3, -0.25) is 0 Å². The second-order valence-electron chi connectivity index (χ2n) is 9.00. The molecule has 2 nitrogen and oxygen atoms in total. The summed E-state index contributed by atoms with van der Waals surface area (Å²) in [4.78, 5) is 5.17. The van der Waals surface area contributed by atoms with Gasteiger partial charge in [-0.2, -0.15) is 0 Å². The lowest BCUT2D eigenvalue weighted by Gasteiger charge is -2.46. The van der Waals surface area contributed by atoms with Crippen LogP contribution < -0.4 is 0 Å². The van der Waals surface area contributed by atoms with Gasteiger partial charge >= 0.3 is 0 Å². The molecule has 0 radical (unpaired) electrons. The molecule has 0 spiro atoms. The standard InChI is InChI=1S/C21H36N2/c1-22(2)12-7-13-23-14-20-18-10-5-3-8-16(18)17-9-4-6-11-19(17)21(20)15-23/h18-21H,3-15H2,1-2H3/t18-,19+,20-,21-/m0/s1. The number of nitrogens with zero attached hydrogens (tertiary/aromatic N) is 2. The van der Waals surface area contributed by atoms with Gasteiger partial charge in [0, 0.05) is 13.1 Å². The molecule has 0 bridgehead atoms. The van der Waals surface area contributed by atoms with Crippen LogP contribution in [0.25, 0.3) is 0 Å². The molecule has 3 fully saturated rings. The molecule has 0 N–H and O–H groups in total. The predicted octanol–water partition coefficient (Wildman–Crippen LogP) is 4.18. The zero-order valence-corrected chi connectivity index (χ0v) is 15.4. The van der Waals surface area contributed by atoms with Gasteiger partial charge in [0.2, 0.25) is 0 Å². The SMILES string of the molecule is CN(C)CCCN1C[C@@H]2[C@@H](C1)[C@H]1CCCCC1=C1CCCC[C@H]12. The first-order valence-electron chi connectivity index (χ1n) is 10.3. The topological polar surface area (TPSA) is 6.48 Å². The van der Waals surface area contributed by atoms with Crippen molar-refractivity contribution in [2.45, 2.75) is 57.8 Å². The largest absolute Gasteiger partial charge is 0.309 e. The molecule has 0 aromatic heterocycles. The molecule has 1 heterocycles. The van der Waals surface area contributed by atoms with Crippen molar-refractivity contribution in [3.8, 4) is 0 Å². The van der Waals surface area contributed by atoms with Crippen molar-refractivity contribution >= 4 is 0 Å². The summed E-state index contributed by atoms with van der Waals surface area (Å²) >= 11 is 0. The van der Waals surface area contributed by atoms with E-state index in [1.54, 1.807) is 0 Å². The summed E-state index contributed by atoms with van der Waals surface area (Å²) in [7, 11) is 4.41. The Hall–Kier alpha value is -0.340. The summed E-state index contributed by atoms with van der Waals surface area (Å²) in [6, 6.07) is 0. The molecule has 1 aliphatic heterocycles. The zero-order chi connectivity index (χ0) is 15.8. The lowest BCUT2D eigenvalue weighted by molar-refractivity contribution is 0.174. The van der Waals surface area contributed by atoms with Gasteiger partial charge in [-0.05, 0) is 95.8 Å². The minimum atomic E-state index is 0.983. The first kappa shape index (κ1) is 16.1. The summed E-state index contributed by atoms with van der Waals surface area (Å²) in [5, 5.41) is 0. The maximum absolute atomic E-state index is 2.84. The van der Waals surface area contributed by atoms with Crippen LogP contribution in [0.15, 0.2) is 11.1 Å². The normalized spacial score (nSPS) is 37.7. The molecule has 0 aromatic rings. The number of likely N-dealkylation sites (tertiary alicyclic amines) is 1. The van der Waals surface area contributed by atoms with Crippen molar-refractivity contribution in [1.29, 1.82) is 0 Å². The van der Waals surface area contributed by atoms with Crippen LogP contribution in [0.4, 0.5) is 0 Å². The zero-order valence-electron chi connectivity index (χ0n) is 15.4. The Balaban J connectivity index is 1.49. The van der Waals surface area contributed by atoms with Crippen LogP contribution in [-0.2, 0) is 0 Å². The molecule has 0 unspecified atom stereocenters.